The fourth-order valence-electron chi connectivity index (χ4n) is 1.27. The molecule has 6 nitrogen and oxygen atoms in total. The van der Waals surface area contributed by atoms with Crippen LogP contribution >= 0.6 is 15.9 Å². The number of sulfonamides is 1. The largest absolute Gasteiger partial charge is 0.366 e. The lowest BCUT2D eigenvalue weighted by Gasteiger charge is -2.07. The maximum absolute atomic E-state index is 12.0. The van der Waals surface area contributed by atoms with Crippen LogP contribution in [0.4, 0.5) is 5.69 Å². The first-order valence-corrected chi connectivity index (χ1v) is 7.09. The Bertz CT molecular complexity index is 727. The quantitative estimate of drug-likeness (QED) is 0.831. The fraction of sp³-hybridized carbons (Fsp3) is 0. The van der Waals surface area contributed by atoms with E-state index in [4.69, 9.17) is 0 Å². The maximum Gasteiger partial charge on any atom is 0.267 e. The van der Waals surface area contributed by atoms with Crippen molar-refractivity contribution in [3.63, 3.8) is 0 Å². The van der Waals surface area contributed by atoms with Crippen molar-refractivity contribution in [3.8, 4) is 0 Å². The number of pyridine rings is 2. The summed E-state index contributed by atoms with van der Waals surface area (Å²) in [5, 5.41) is 0. The first kappa shape index (κ1) is 12.8. The number of hydrogen-bond acceptors (Lipinski definition) is 4. The predicted octanol–water partition coefficient (Wildman–Crippen LogP) is 1.33. The molecule has 94 valence electrons. The van der Waals surface area contributed by atoms with Crippen molar-refractivity contribution in [2.75, 3.05) is 4.72 Å². The summed E-state index contributed by atoms with van der Waals surface area (Å²) < 4.78 is 26.6. The van der Waals surface area contributed by atoms with Crippen LogP contribution in [0, 0.1) is 0 Å². The minimum atomic E-state index is -3.93. The Balaban J connectivity index is 2.43. The molecule has 0 atom stereocenters. The Morgan fingerprint density at radius 2 is 2.11 bits per heavy atom. The van der Waals surface area contributed by atoms with Crippen LogP contribution in [-0.2, 0) is 10.0 Å². The van der Waals surface area contributed by atoms with Gasteiger partial charge in [0, 0.05) is 24.7 Å². The van der Waals surface area contributed by atoms with Crippen LogP contribution in [0.25, 0.3) is 0 Å². The number of nitrogens with zero attached hydrogens (tertiary/aromatic N) is 1. The molecule has 0 saturated carbocycles. The number of hydrogen-bond donors (Lipinski definition) is 2. The van der Waals surface area contributed by atoms with Gasteiger partial charge in [0.1, 0.15) is 4.60 Å². The van der Waals surface area contributed by atoms with Gasteiger partial charge in [0.15, 0.2) is 4.90 Å². The van der Waals surface area contributed by atoms with E-state index in [1.807, 2.05) is 0 Å². The summed E-state index contributed by atoms with van der Waals surface area (Å²) in [7, 11) is -3.93. The van der Waals surface area contributed by atoms with E-state index in [0.29, 0.717) is 4.60 Å². The van der Waals surface area contributed by atoms with Crippen LogP contribution in [-0.4, -0.2) is 18.4 Å². The summed E-state index contributed by atoms with van der Waals surface area (Å²) in [6.07, 6.45) is 4.01. The number of aromatic nitrogens is 2. The molecule has 2 heterocycles. The second kappa shape index (κ2) is 4.91. The molecule has 0 aliphatic carbocycles. The third kappa shape index (κ3) is 2.59. The standard InChI is InChI=1S/C10H8BrN3O3S/c11-10-7(2-1-4-13-10)14-18(16,17)9-6-12-5-3-8(9)15/h1-6,14H,(H,12,15). The fourth-order valence-corrected chi connectivity index (χ4v) is 2.87. The van der Waals surface area contributed by atoms with E-state index in [2.05, 4.69) is 30.6 Å². The van der Waals surface area contributed by atoms with Gasteiger partial charge in [-0.1, -0.05) is 0 Å². The van der Waals surface area contributed by atoms with Gasteiger partial charge in [-0.2, -0.15) is 0 Å². The Morgan fingerprint density at radius 1 is 1.33 bits per heavy atom. The van der Waals surface area contributed by atoms with Crippen molar-refractivity contribution in [2.45, 2.75) is 4.90 Å². The number of H-pyrrole nitrogens is 1. The normalized spacial score (nSPS) is 11.2. The maximum atomic E-state index is 12.0. The van der Waals surface area contributed by atoms with Crippen molar-refractivity contribution >= 4 is 31.6 Å². The first-order valence-electron chi connectivity index (χ1n) is 4.81. The molecule has 0 aromatic carbocycles. The van der Waals surface area contributed by atoms with Crippen LogP contribution in [0.5, 0.6) is 0 Å². The average Bonchev–Trinajstić information content (AvgIpc) is 2.32. The van der Waals surface area contributed by atoms with Crippen LogP contribution in [0.1, 0.15) is 0 Å². The van der Waals surface area contributed by atoms with E-state index in [9.17, 15) is 13.2 Å². The van der Waals surface area contributed by atoms with Crippen LogP contribution in [0.2, 0.25) is 0 Å². The summed E-state index contributed by atoms with van der Waals surface area (Å²) in [4.78, 5) is 17.6. The summed E-state index contributed by atoms with van der Waals surface area (Å²) >= 11 is 3.12. The lowest BCUT2D eigenvalue weighted by atomic mass is 10.4. The monoisotopic (exact) mass is 329 g/mol. The molecule has 8 heteroatoms. The Labute approximate surface area is 111 Å². The van der Waals surface area contributed by atoms with Crippen molar-refractivity contribution in [1.82, 2.24) is 9.97 Å². The van der Waals surface area contributed by atoms with Gasteiger partial charge in [-0.15, -0.1) is 0 Å². The first-order chi connectivity index (χ1) is 8.50. The zero-order valence-corrected chi connectivity index (χ0v) is 11.3. The van der Waals surface area contributed by atoms with Gasteiger partial charge < -0.3 is 4.98 Å². The van der Waals surface area contributed by atoms with E-state index in [1.54, 1.807) is 6.07 Å². The summed E-state index contributed by atoms with van der Waals surface area (Å²) in [6.45, 7) is 0. The molecule has 0 unspecified atom stereocenters. The molecule has 0 amide bonds. The number of nitrogens with one attached hydrogen (secondary N) is 2. The Morgan fingerprint density at radius 3 is 2.78 bits per heavy atom. The van der Waals surface area contributed by atoms with E-state index in [-0.39, 0.29) is 10.6 Å². The topological polar surface area (TPSA) is 91.9 Å². The number of rotatable bonds is 3. The minimum Gasteiger partial charge on any atom is -0.366 e. The molecule has 0 aliphatic rings. The highest BCUT2D eigenvalue weighted by Gasteiger charge is 2.18. The van der Waals surface area contributed by atoms with E-state index in [1.165, 1.54) is 18.5 Å². The molecule has 0 saturated heterocycles. The smallest absolute Gasteiger partial charge is 0.267 e. The molecule has 2 aromatic rings. The SMILES string of the molecule is O=c1cc[nH]cc1S(=O)(=O)Nc1cccnc1Br. The van der Waals surface area contributed by atoms with E-state index >= 15 is 0 Å². The van der Waals surface area contributed by atoms with Crippen LogP contribution < -0.4 is 10.2 Å². The molecule has 0 aliphatic heterocycles. The molecule has 0 radical (unpaired) electrons. The van der Waals surface area contributed by atoms with Gasteiger partial charge >= 0.3 is 0 Å². The molecular weight excluding hydrogens is 322 g/mol. The molecular formula is C10H8BrN3O3S. The van der Waals surface area contributed by atoms with Gasteiger partial charge in [-0.05, 0) is 28.1 Å². The Hall–Kier alpha value is -1.67. The highest BCUT2D eigenvalue weighted by atomic mass is 79.9. The lowest BCUT2D eigenvalue weighted by Crippen LogP contribution is -2.21. The van der Waals surface area contributed by atoms with Crippen molar-refractivity contribution in [2.24, 2.45) is 0 Å². The molecule has 2 aromatic heterocycles. The van der Waals surface area contributed by atoms with Crippen molar-refractivity contribution in [1.29, 1.82) is 0 Å². The second-order valence-electron chi connectivity index (χ2n) is 3.32. The van der Waals surface area contributed by atoms with Gasteiger partial charge in [0.2, 0.25) is 5.43 Å². The number of aromatic amines is 1. The Kier molecular flexibility index (Phi) is 3.48. The zero-order chi connectivity index (χ0) is 13.2. The molecule has 0 bridgehead atoms. The summed E-state index contributed by atoms with van der Waals surface area (Å²) in [6, 6.07) is 4.26. The van der Waals surface area contributed by atoms with Crippen LogP contribution in [0.3, 0.4) is 0 Å². The van der Waals surface area contributed by atoms with Gasteiger partial charge in [-0.25, -0.2) is 13.4 Å². The van der Waals surface area contributed by atoms with Crippen LogP contribution in [0.15, 0.2) is 51.1 Å². The van der Waals surface area contributed by atoms with Gasteiger partial charge in [0.05, 0.1) is 5.69 Å². The minimum absolute atomic E-state index is 0.265. The van der Waals surface area contributed by atoms with Crippen molar-refractivity contribution < 1.29 is 8.42 Å². The predicted molar refractivity (Wildman–Crippen MR) is 69.8 cm³/mol. The average molecular weight is 330 g/mol. The second-order valence-corrected chi connectivity index (χ2v) is 5.72. The third-order valence-electron chi connectivity index (χ3n) is 2.08. The van der Waals surface area contributed by atoms with E-state index < -0.39 is 15.5 Å². The molecule has 0 fully saturated rings. The highest BCUT2D eigenvalue weighted by Crippen LogP contribution is 2.20. The molecule has 0 spiro atoms. The van der Waals surface area contributed by atoms with Crippen molar-refractivity contribution in [3.05, 3.63) is 51.6 Å². The molecule has 18 heavy (non-hydrogen) atoms. The molecule has 2 N–H and O–H groups in total. The highest BCUT2D eigenvalue weighted by molar-refractivity contribution is 9.10. The number of halogens is 1. The zero-order valence-electron chi connectivity index (χ0n) is 8.92. The molecule has 2 rings (SSSR count). The van der Waals surface area contributed by atoms with E-state index in [0.717, 1.165) is 12.3 Å². The van der Waals surface area contributed by atoms with Gasteiger partial charge in [-0.3, -0.25) is 9.52 Å². The summed E-state index contributed by atoms with van der Waals surface area (Å²) in [5.74, 6) is 0. The lowest BCUT2D eigenvalue weighted by molar-refractivity contribution is 0.600. The third-order valence-corrected chi connectivity index (χ3v) is 4.10. The number of anilines is 1. The van der Waals surface area contributed by atoms with Gasteiger partial charge in [0.25, 0.3) is 10.0 Å². The summed E-state index contributed by atoms with van der Waals surface area (Å²) in [5.41, 5.74) is -0.318.